The summed E-state index contributed by atoms with van der Waals surface area (Å²) >= 11 is -2.18. The number of fused-ring (bicyclic) bond motifs is 2. The van der Waals surface area contributed by atoms with Crippen molar-refractivity contribution in [1.82, 2.24) is 0 Å². The molecule has 0 N–H and O–H groups in total. The molecule has 2 aliphatic rings. The Morgan fingerprint density at radius 3 is 1.07 bits per heavy atom. The molecule has 0 bridgehead atoms. The molecule has 0 amide bonds. The normalized spacial score (nSPS) is 17.3. The van der Waals surface area contributed by atoms with Crippen molar-refractivity contribution in [1.29, 1.82) is 0 Å². The predicted molar refractivity (Wildman–Crippen MR) is 178 cm³/mol. The van der Waals surface area contributed by atoms with Gasteiger partial charge in [-0.1, -0.05) is 0 Å². The molecule has 0 aliphatic heterocycles. The quantitative estimate of drug-likeness (QED) is 0.299. The van der Waals surface area contributed by atoms with E-state index in [0.29, 0.717) is 42.8 Å². The standard InChI is InChI=1S/2C18H25.C2H6Si.2ClH.Zr/c2*1-11(2)14-7-16-8-15(12(3)4)10-18(16)17(9-14)13(5)6;1-3-2;;;/h2*7-13H,1-6H3;1-2H3;2*1H;/q;;;;;+2/p-2. The Hall–Kier alpha value is -0.400. The van der Waals surface area contributed by atoms with Crippen molar-refractivity contribution in [3.63, 3.8) is 0 Å². The molecular weight excluding hydrogens is 647 g/mol. The van der Waals surface area contributed by atoms with Crippen molar-refractivity contribution in [3.05, 3.63) is 79.9 Å². The molecular formula is C38H56Cl2SiZr. The van der Waals surface area contributed by atoms with Gasteiger partial charge in [0.05, 0.1) is 0 Å². The molecule has 0 nitrogen and oxygen atoms in total. The molecule has 2 aromatic carbocycles. The first-order chi connectivity index (χ1) is 18.6. The van der Waals surface area contributed by atoms with E-state index >= 15 is 0 Å². The van der Waals surface area contributed by atoms with Gasteiger partial charge in [-0.3, -0.25) is 0 Å². The van der Waals surface area contributed by atoms with Gasteiger partial charge in [-0.2, -0.15) is 0 Å². The zero-order valence-electron chi connectivity index (χ0n) is 28.8. The van der Waals surface area contributed by atoms with Gasteiger partial charge in [0.1, 0.15) is 0 Å². The summed E-state index contributed by atoms with van der Waals surface area (Å²) in [5.41, 5.74) is 16.0. The van der Waals surface area contributed by atoms with E-state index in [4.69, 9.17) is 0 Å². The second-order valence-corrected chi connectivity index (χ2v) is 32.6. The van der Waals surface area contributed by atoms with E-state index < -0.39 is 25.8 Å². The Morgan fingerprint density at radius 1 is 0.500 bits per heavy atom. The molecule has 4 rings (SSSR count). The summed E-state index contributed by atoms with van der Waals surface area (Å²) in [5.74, 6) is 3.42. The van der Waals surface area contributed by atoms with Crippen molar-refractivity contribution in [2.24, 2.45) is 11.8 Å². The first-order valence-corrected chi connectivity index (χ1v) is 25.1. The van der Waals surface area contributed by atoms with E-state index in [-0.39, 0.29) is 24.8 Å². The molecule has 0 radical (unpaired) electrons. The summed E-state index contributed by atoms with van der Waals surface area (Å²) in [4.78, 5) is 0. The van der Waals surface area contributed by atoms with Crippen LogP contribution in [0.3, 0.4) is 0 Å². The van der Waals surface area contributed by atoms with E-state index in [1.165, 1.54) is 0 Å². The summed E-state index contributed by atoms with van der Waals surface area (Å²) in [6.45, 7) is 34.4. The van der Waals surface area contributed by atoms with Crippen molar-refractivity contribution in [3.8, 4) is 0 Å². The van der Waals surface area contributed by atoms with Gasteiger partial charge in [-0.15, -0.1) is 0 Å². The number of halogens is 2. The van der Waals surface area contributed by atoms with Gasteiger partial charge < -0.3 is 24.8 Å². The number of hydrogen-bond donors (Lipinski definition) is 0. The maximum Gasteiger partial charge on any atom is -1.00 e. The Bertz CT molecular complexity index is 1280. The van der Waals surface area contributed by atoms with Gasteiger partial charge >= 0.3 is 257 Å². The third-order valence-corrected chi connectivity index (χ3v) is 28.9. The number of benzene rings is 2. The minimum Gasteiger partial charge on any atom is -1.00 e. The minimum absolute atomic E-state index is 0. The SMILES string of the molecule is CC(C)C1=Cc2c(C(C)C)cc(C(C)C)cc2[CH]1[Zr+2]([CH]1C(C(C)C)=Cc2c(C(C)C)cc(C(C)C)cc21)=[Si](C)C.[Cl-].[Cl-]. The molecule has 0 spiro atoms. The molecule has 230 valence electrons. The van der Waals surface area contributed by atoms with Gasteiger partial charge in [-0.25, -0.2) is 0 Å². The fourth-order valence-electron chi connectivity index (χ4n) is 7.18. The molecule has 0 fully saturated rings. The second kappa shape index (κ2) is 14.8. The molecule has 2 aromatic rings. The van der Waals surface area contributed by atoms with Crippen molar-refractivity contribution in [2.75, 3.05) is 0 Å². The fraction of sp³-hybridized carbons (Fsp3) is 0.579. The average Bonchev–Trinajstić information content (AvgIpc) is 3.42. The van der Waals surface area contributed by atoms with E-state index in [2.05, 4.69) is 133 Å². The van der Waals surface area contributed by atoms with Crippen molar-refractivity contribution < 1.29 is 45.2 Å². The van der Waals surface area contributed by atoms with Crippen LogP contribution >= 0.6 is 0 Å². The van der Waals surface area contributed by atoms with Crippen LogP contribution in [0.2, 0.25) is 13.1 Å². The molecule has 2 aliphatic carbocycles. The average molecular weight is 703 g/mol. The molecule has 2 atom stereocenters. The molecule has 2 unspecified atom stereocenters. The first-order valence-electron chi connectivity index (χ1n) is 16.1. The summed E-state index contributed by atoms with van der Waals surface area (Å²) in [6.07, 6.45) is 5.38. The van der Waals surface area contributed by atoms with Crippen LogP contribution in [0.25, 0.3) is 12.2 Å². The van der Waals surface area contributed by atoms with Crippen LogP contribution in [0.4, 0.5) is 0 Å². The Kier molecular flexibility index (Phi) is 13.3. The number of allylic oxidation sites excluding steroid dienone is 2. The van der Waals surface area contributed by atoms with Crippen molar-refractivity contribution in [2.45, 2.75) is 127 Å². The van der Waals surface area contributed by atoms with Gasteiger partial charge in [-0.05, 0) is 0 Å². The third-order valence-electron chi connectivity index (χ3n) is 9.55. The molecule has 4 heteroatoms. The molecule has 0 saturated heterocycles. The number of hydrogen-bond acceptors (Lipinski definition) is 0. The summed E-state index contributed by atoms with van der Waals surface area (Å²) in [7, 11) is 0. The van der Waals surface area contributed by atoms with E-state index in [1.807, 2.05) is 0 Å². The zero-order chi connectivity index (χ0) is 29.8. The smallest absolute Gasteiger partial charge is 1.00 e. The largest absolute Gasteiger partial charge is 1.00 e. The summed E-state index contributed by atoms with van der Waals surface area (Å²) in [6, 6.07) is 10.4. The molecule has 0 saturated carbocycles. The van der Waals surface area contributed by atoms with Crippen LogP contribution in [0.15, 0.2) is 35.4 Å². The maximum atomic E-state index is 2.69. The summed E-state index contributed by atoms with van der Waals surface area (Å²) in [5, 5.41) is 0. The molecule has 0 heterocycles. The Labute approximate surface area is 279 Å². The Balaban J connectivity index is 0.00000308. The van der Waals surface area contributed by atoms with Gasteiger partial charge in [0.2, 0.25) is 0 Å². The van der Waals surface area contributed by atoms with Crippen LogP contribution < -0.4 is 24.8 Å². The van der Waals surface area contributed by atoms with Crippen molar-refractivity contribution >= 4 is 17.6 Å². The van der Waals surface area contributed by atoms with Gasteiger partial charge in [0.15, 0.2) is 0 Å². The molecule has 42 heavy (non-hydrogen) atoms. The monoisotopic (exact) mass is 700 g/mol. The third kappa shape index (κ3) is 7.03. The van der Waals surface area contributed by atoms with E-state index in [0.717, 1.165) is 0 Å². The summed E-state index contributed by atoms with van der Waals surface area (Å²) < 4.78 is 1.39. The zero-order valence-corrected chi connectivity index (χ0v) is 33.8. The maximum absolute atomic E-state index is 2.69. The van der Waals surface area contributed by atoms with Gasteiger partial charge in [0.25, 0.3) is 0 Å². The number of rotatable bonds is 8. The van der Waals surface area contributed by atoms with E-state index in [1.54, 1.807) is 55.7 Å². The minimum atomic E-state index is -2.18. The van der Waals surface area contributed by atoms with Gasteiger partial charge in [0, 0.05) is 0 Å². The predicted octanol–water partition coefficient (Wildman–Crippen LogP) is 5.95. The van der Waals surface area contributed by atoms with Crippen LogP contribution in [-0.2, 0) is 20.4 Å². The van der Waals surface area contributed by atoms with Crippen LogP contribution in [0, 0.1) is 11.8 Å². The Morgan fingerprint density at radius 2 is 0.833 bits per heavy atom. The fourth-order valence-corrected chi connectivity index (χ4v) is 28.1. The van der Waals surface area contributed by atoms with Crippen LogP contribution in [-0.4, -0.2) is 5.43 Å². The topological polar surface area (TPSA) is 0 Å². The van der Waals surface area contributed by atoms with Crippen LogP contribution in [0.1, 0.15) is 159 Å². The first kappa shape index (κ1) is 37.8. The molecule has 0 aromatic heterocycles. The van der Waals surface area contributed by atoms with E-state index in [9.17, 15) is 0 Å². The van der Waals surface area contributed by atoms with Crippen LogP contribution in [0.5, 0.6) is 0 Å². The second-order valence-electron chi connectivity index (χ2n) is 14.8.